The van der Waals surface area contributed by atoms with E-state index >= 15 is 0 Å². The standard InChI is InChI=1S/C13H24N2O/c1-4-11-7-5-6-8-12(11)16-10-13(2,9-14)15-3/h11-12,15H,4-8,10H2,1-3H3. The van der Waals surface area contributed by atoms with E-state index in [4.69, 9.17) is 10.00 Å². The van der Waals surface area contributed by atoms with Crippen molar-refractivity contribution in [1.82, 2.24) is 5.32 Å². The van der Waals surface area contributed by atoms with E-state index < -0.39 is 5.54 Å². The van der Waals surface area contributed by atoms with Crippen LogP contribution in [0.25, 0.3) is 0 Å². The Kier molecular flexibility index (Phi) is 5.24. The van der Waals surface area contributed by atoms with Gasteiger partial charge in [0.1, 0.15) is 5.54 Å². The first-order valence-corrected chi connectivity index (χ1v) is 6.37. The lowest BCUT2D eigenvalue weighted by Gasteiger charge is -2.33. The van der Waals surface area contributed by atoms with Gasteiger partial charge in [-0.05, 0) is 32.7 Å². The molecule has 1 aliphatic carbocycles. The SMILES string of the molecule is CCC1CCCCC1OCC(C)(C#N)NC. The Morgan fingerprint density at radius 3 is 2.69 bits per heavy atom. The molecule has 0 saturated heterocycles. The molecule has 0 aromatic rings. The number of rotatable bonds is 5. The summed E-state index contributed by atoms with van der Waals surface area (Å²) in [6.45, 7) is 4.60. The summed E-state index contributed by atoms with van der Waals surface area (Å²) in [4.78, 5) is 0. The van der Waals surface area contributed by atoms with Gasteiger partial charge in [-0.15, -0.1) is 0 Å². The maximum atomic E-state index is 9.05. The van der Waals surface area contributed by atoms with Crippen molar-refractivity contribution in [3.8, 4) is 6.07 Å². The molecule has 0 aromatic carbocycles. The molecule has 92 valence electrons. The third kappa shape index (κ3) is 3.47. The second kappa shape index (κ2) is 6.22. The predicted octanol–water partition coefficient (Wildman–Crippen LogP) is 2.47. The molecule has 3 atom stereocenters. The van der Waals surface area contributed by atoms with Gasteiger partial charge in [0.15, 0.2) is 0 Å². The van der Waals surface area contributed by atoms with E-state index in [1.165, 1.54) is 25.7 Å². The zero-order chi connectivity index (χ0) is 12.0. The molecule has 3 nitrogen and oxygen atoms in total. The van der Waals surface area contributed by atoms with E-state index in [0.29, 0.717) is 18.6 Å². The average molecular weight is 224 g/mol. The molecule has 1 rings (SSSR count). The van der Waals surface area contributed by atoms with E-state index in [1.54, 1.807) is 0 Å². The second-order valence-corrected chi connectivity index (χ2v) is 5.00. The van der Waals surface area contributed by atoms with Gasteiger partial charge in [0.25, 0.3) is 0 Å². The molecule has 3 heteroatoms. The highest BCUT2D eigenvalue weighted by molar-refractivity contribution is 5.03. The van der Waals surface area contributed by atoms with Crippen LogP contribution in [0.5, 0.6) is 0 Å². The summed E-state index contributed by atoms with van der Waals surface area (Å²) in [5, 5.41) is 12.1. The average Bonchev–Trinajstić information content (AvgIpc) is 2.36. The molecule has 3 unspecified atom stereocenters. The van der Waals surface area contributed by atoms with E-state index in [9.17, 15) is 0 Å². The first-order valence-electron chi connectivity index (χ1n) is 6.37. The van der Waals surface area contributed by atoms with Crippen LogP contribution in [0.3, 0.4) is 0 Å². The molecule has 16 heavy (non-hydrogen) atoms. The lowest BCUT2D eigenvalue weighted by Crippen LogP contribution is -2.44. The van der Waals surface area contributed by atoms with Gasteiger partial charge in [-0.3, -0.25) is 0 Å². The molecule has 0 bridgehead atoms. The molecule has 0 aliphatic heterocycles. The van der Waals surface area contributed by atoms with Crippen LogP contribution in [0.4, 0.5) is 0 Å². The van der Waals surface area contributed by atoms with Crippen LogP contribution in [0.1, 0.15) is 46.0 Å². The van der Waals surface area contributed by atoms with E-state index in [-0.39, 0.29) is 0 Å². The first kappa shape index (κ1) is 13.5. The van der Waals surface area contributed by atoms with Crippen LogP contribution in [-0.4, -0.2) is 25.3 Å². The molecule has 1 fully saturated rings. The van der Waals surface area contributed by atoms with Crippen LogP contribution in [-0.2, 0) is 4.74 Å². The summed E-state index contributed by atoms with van der Waals surface area (Å²) in [6, 6.07) is 2.26. The maximum absolute atomic E-state index is 9.05. The minimum atomic E-state index is -0.546. The fourth-order valence-electron chi connectivity index (χ4n) is 2.29. The highest BCUT2D eigenvalue weighted by atomic mass is 16.5. The van der Waals surface area contributed by atoms with Gasteiger partial charge in [-0.1, -0.05) is 26.2 Å². The lowest BCUT2D eigenvalue weighted by molar-refractivity contribution is -0.0278. The van der Waals surface area contributed by atoms with Gasteiger partial charge in [-0.25, -0.2) is 0 Å². The smallest absolute Gasteiger partial charge is 0.127 e. The van der Waals surface area contributed by atoms with Crippen molar-refractivity contribution in [2.45, 2.75) is 57.6 Å². The van der Waals surface area contributed by atoms with Crippen LogP contribution >= 0.6 is 0 Å². The number of hydrogen-bond donors (Lipinski definition) is 1. The van der Waals surface area contributed by atoms with Crippen molar-refractivity contribution in [3.63, 3.8) is 0 Å². The van der Waals surface area contributed by atoms with Crippen LogP contribution < -0.4 is 5.32 Å². The summed E-state index contributed by atoms with van der Waals surface area (Å²) in [6.07, 6.45) is 6.59. The summed E-state index contributed by atoms with van der Waals surface area (Å²) in [5.74, 6) is 0.688. The van der Waals surface area contributed by atoms with Gasteiger partial charge < -0.3 is 10.1 Å². The Bertz CT molecular complexity index is 249. The Morgan fingerprint density at radius 1 is 1.44 bits per heavy atom. The van der Waals surface area contributed by atoms with E-state index in [2.05, 4.69) is 18.3 Å². The molecule has 1 N–H and O–H groups in total. The van der Waals surface area contributed by atoms with Gasteiger partial charge in [0.05, 0.1) is 18.8 Å². The van der Waals surface area contributed by atoms with Crippen molar-refractivity contribution in [3.05, 3.63) is 0 Å². The number of nitriles is 1. The summed E-state index contributed by atoms with van der Waals surface area (Å²) in [5.41, 5.74) is -0.546. The quantitative estimate of drug-likeness (QED) is 0.780. The lowest BCUT2D eigenvalue weighted by atomic mass is 9.84. The van der Waals surface area contributed by atoms with E-state index in [1.807, 2.05) is 14.0 Å². The fourth-order valence-corrected chi connectivity index (χ4v) is 2.29. The monoisotopic (exact) mass is 224 g/mol. The number of nitrogens with one attached hydrogen (secondary N) is 1. The maximum Gasteiger partial charge on any atom is 0.127 e. The Labute approximate surface area is 99.2 Å². The largest absolute Gasteiger partial charge is 0.375 e. The van der Waals surface area contributed by atoms with Crippen molar-refractivity contribution in [2.24, 2.45) is 5.92 Å². The summed E-state index contributed by atoms with van der Waals surface area (Å²) < 4.78 is 5.95. The Morgan fingerprint density at radius 2 is 2.12 bits per heavy atom. The first-order chi connectivity index (χ1) is 7.65. The molecule has 0 radical (unpaired) electrons. The van der Waals surface area contributed by atoms with Gasteiger partial charge in [0, 0.05) is 0 Å². The number of ether oxygens (including phenoxy) is 1. The highest BCUT2D eigenvalue weighted by Gasteiger charge is 2.28. The Balaban J connectivity index is 2.44. The fraction of sp³-hybridized carbons (Fsp3) is 0.923. The third-order valence-corrected chi connectivity index (χ3v) is 3.75. The zero-order valence-electron chi connectivity index (χ0n) is 10.8. The van der Waals surface area contributed by atoms with Crippen LogP contribution in [0.2, 0.25) is 0 Å². The van der Waals surface area contributed by atoms with Gasteiger partial charge >= 0.3 is 0 Å². The molecule has 0 heterocycles. The van der Waals surface area contributed by atoms with E-state index in [0.717, 1.165) is 6.42 Å². The normalized spacial score (nSPS) is 29.4. The number of likely N-dealkylation sites (N-methyl/N-ethyl adjacent to an activating group) is 1. The van der Waals surface area contributed by atoms with Crippen molar-refractivity contribution < 1.29 is 4.74 Å². The Hall–Kier alpha value is -0.590. The summed E-state index contributed by atoms with van der Waals surface area (Å²) >= 11 is 0. The molecule has 0 aromatic heterocycles. The van der Waals surface area contributed by atoms with Crippen LogP contribution in [0.15, 0.2) is 0 Å². The molecular formula is C13H24N2O. The highest BCUT2D eigenvalue weighted by Crippen LogP contribution is 2.29. The molecule has 0 amide bonds. The molecule has 1 aliphatic rings. The number of nitrogens with zero attached hydrogens (tertiary/aromatic N) is 1. The second-order valence-electron chi connectivity index (χ2n) is 5.00. The molecule has 1 saturated carbocycles. The third-order valence-electron chi connectivity index (χ3n) is 3.75. The number of hydrogen-bond acceptors (Lipinski definition) is 3. The van der Waals surface area contributed by atoms with Gasteiger partial charge in [0.2, 0.25) is 0 Å². The van der Waals surface area contributed by atoms with Crippen molar-refractivity contribution in [1.29, 1.82) is 5.26 Å². The minimum absolute atomic E-state index is 0.361. The summed E-state index contributed by atoms with van der Waals surface area (Å²) in [7, 11) is 1.81. The van der Waals surface area contributed by atoms with Gasteiger partial charge in [-0.2, -0.15) is 5.26 Å². The molecular weight excluding hydrogens is 200 g/mol. The van der Waals surface area contributed by atoms with Crippen LogP contribution in [0, 0.1) is 17.2 Å². The molecule has 0 spiro atoms. The van der Waals surface area contributed by atoms with Crippen molar-refractivity contribution >= 4 is 0 Å². The predicted molar refractivity (Wildman–Crippen MR) is 65.1 cm³/mol. The van der Waals surface area contributed by atoms with Crippen molar-refractivity contribution in [2.75, 3.05) is 13.7 Å². The topological polar surface area (TPSA) is 45.0 Å². The minimum Gasteiger partial charge on any atom is -0.375 e. The zero-order valence-corrected chi connectivity index (χ0v) is 10.8.